The SMILES string of the molecule is CC(=O)CCC([O-])=NCCCC[C@H](N=C([O-])CC[C@@H](NC(=O)[C@H](C)NC(=O)[C@H](C)OC[C@H]1O[C@H](OP(=O)(O)OP(=O)(O)OC[C@H]2O[C@@H](n3ccc(=O)[nH]c3=O)[C@H](O)[C@@H]2O)[C@H](O)[C@@H](O)[C@@H]1O)C(=O)O)C(=O)N[C@H](C)C(=O)N[C@H](C)C(=O)O.[Na+].[Na+]. The third-order valence-corrected chi connectivity index (χ3v) is 14.4. The number of ketones is 1. The number of nitrogens with one attached hydrogen (secondary N) is 5. The molecular formula is C43H66N8Na2O28P2. The molecule has 2 aliphatic heterocycles. The fourth-order valence-corrected chi connectivity index (χ4v) is 9.31. The summed E-state index contributed by atoms with van der Waals surface area (Å²) in [5.41, 5.74) is -1.88. The number of amides is 4. The molecule has 0 saturated carbocycles. The molecule has 0 aromatic carbocycles. The number of carbonyl (C=O) groups excluding carboxylic acids is 5. The van der Waals surface area contributed by atoms with Crippen LogP contribution in [0.5, 0.6) is 0 Å². The van der Waals surface area contributed by atoms with Crippen molar-refractivity contribution in [2.75, 3.05) is 19.8 Å². The number of H-pyrrole nitrogens is 1. The van der Waals surface area contributed by atoms with Crippen molar-refractivity contribution in [3.05, 3.63) is 33.1 Å². The van der Waals surface area contributed by atoms with Crippen molar-refractivity contribution in [2.45, 2.75) is 171 Å². The Bertz CT molecular complexity index is 2670. The summed E-state index contributed by atoms with van der Waals surface area (Å²) in [6.45, 7) is 3.90. The predicted octanol–water partition coefficient (Wildman–Crippen LogP) is -13.0. The molecular weight excluding hydrogens is 1180 g/mol. The van der Waals surface area contributed by atoms with E-state index in [-0.39, 0.29) is 104 Å². The number of aliphatic imine (C=N–C) groups is 2. The Balaban J connectivity index is 0.0000172. The monoisotopic (exact) mass is 1250 g/mol. The van der Waals surface area contributed by atoms with Crippen LogP contribution in [0, 0.1) is 0 Å². The Morgan fingerprint density at radius 2 is 1.29 bits per heavy atom. The summed E-state index contributed by atoms with van der Waals surface area (Å²) in [6.07, 6.45) is -19.9. The average molecular weight is 1250 g/mol. The summed E-state index contributed by atoms with van der Waals surface area (Å²) in [5, 5.41) is 105. The van der Waals surface area contributed by atoms with E-state index in [1.807, 2.05) is 4.98 Å². The van der Waals surface area contributed by atoms with Gasteiger partial charge in [0.1, 0.15) is 84.8 Å². The van der Waals surface area contributed by atoms with Crippen LogP contribution in [0.2, 0.25) is 0 Å². The van der Waals surface area contributed by atoms with Gasteiger partial charge in [0.2, 0.25) is 23.6 Å². The number of carboxylic acid groups (broad SMARTS) is 2. The number of aromatic amines is 1. The molecule has 2 saturated heterocycles. The summed E-state index contributed by atoms with van der Waals surface area (Å²) in [6, 6.07) is -6.54. The number of phosphoric ester groups is 2. The van der Waals surface area contributed by atoms with E-state index in [4.69, 9.17) is 19.3 Å². The van der Waals surface area contributed by atoms with Gasteiger partial charge in [-0.25, -0.2) is 18.7 Å². The number of carboxylic acids is 2. The summed E-state index contributed by atoms with van der Waals surface area (Å²) in [4.78, 5) is 140. The molecule has 40 heteroatoms. The standard InChI is InChI=1S/C43H68N8O28P2.2Na/c1-18(52)9-11-27(53)44-14-7-6-8-23(38(64)46-19(2)35(61)47-21(4)40(65)66)48-28(54)12-10-24(41(67)68)49-36(62)20(3)45-37(63)22(5)74-16-25-30(56)32(58)34(60)42(77-25)78-81(72,73)79-80(70,71)75-17-26-31(57)33(59)39(76-26)51-15-13-29(55)50-43(51)69;;/h13,15,19-26,30-34,39,42,56-60H,6-12,14,16-17H2,1-5H3,(H,44,53)(H,45,63)(H,46,64)(H,47,61)(H,48,54)(H,49,62)(H,65,66)(H,67,68)(H,70,71)(H,72,73)(H,50,55,69);;/q;2*+1/p-2/t19-,20+,21-,22+,23+,24-,25-,26-,30-,31-,32+,33-,34-,39-,42-;;/m1../s1. The van der Waals surface area contributed by atoms with E-state index >= 15 is 0 Å². The largest absolute Gasteiger partial charge is 1.00 e. The Labute approximate surface area is 515 Å². The van der Waals surface area contributed by atoms with Crippen molar-refractivity contribution in [1.29, 1.82) is 0 Å². The predicted molar refractivity (Wildman–Crippen MR) is 264 cm³/mol. The minimum Gasteiger partial charge on any atom is -0.862 e. The molecule has 3 rings (SSSR count). The van der Waals surface area contributed by atoms with Gasteiger partial charge in [-0.2, -0.15) is 4.31 Å². The number of Topliss-reactive ketones (excluding diaryl/α,β-unsaturated/α-hetero) is 1. The molecule has 14 N–H and O–H groups in total. The van der Waals surface area contributed by atoms with Gasteiger partial charge in [0, 0.05) is 25.2 Å². The van der Waals surface area contributed by atoms with E-state index < -0.39 is 192 Å². The Morgan fingerprint density at radius 3 is 1.88 bits per heavy atom. The van der Waals surface area contributed by atoms with Gasteiger partial charge in [-0.05, 0) is 84.9 Å². The smallest absolute Gasteiger partial charge is 0.862 e. The number of unbranched alkanes of at least 4 members (excludes halogenated alkanes) is 1. The van der Waals surface area contributed by atoms with Crippen LogP contribution in [0.4, 0.5) is 0 Å². The number of nitrogens with zero attached hydrogens (tertiary/aromatic N) is 3. The van der Waals surface area contributed by atoms with Crippen LogP contribution in [0.15, 0.2) is 31.8 Å². The third kappa shape index (κ3) is 25.5. The normalized spacial score (nSPS) is 25.4. The fraction of sp³-hybridized carbons (Fsp3) is 0.698. The molecule has 0 radical (unpaired) electrons. The first-order valence-electron chi connectivity index (χ1n) is 24.6. The number of rotatable bonds is 33. The van der Waals surface area contributed by atoms with E-state index in [9.17, 15) is 103 Å². The zero-order valence-corrected chi connectivity index (χ0v) is 51.7. The van der Waals surface area contributed by atoms with Crippen molar-refractivity contribution in [3.8, 4) is 0 Å². The van der Waals surface area contributed by atoms with Gasteiger partial charge >= 0.3 is 92.4 Å². The molecule has 17 atom stereocenters. The van der Waals surface area contributed by atoms with Crippen LogP contribution in [0.1, 0.15) is 85.8 Å². The molecule has 0 aliphatic carbocycles. The maximum atomic E-state index is 13.2. The van der Waals surface area contributed by atoms with Crippen LogP contribution >= 0.6 is 15.6 Å². The van der Waals surface area contributed by atoms with Gasteiger partial charge < -0.3 is 101 Å². The summed E-state index contributed by atoms with van der Waals surface area (Å²) in [7, 11) is -11.6. The van der Waals surface area contributed by atoms with E-state index in [0.717, 1.165) is 26.1 Å². The first-order valence-corrected chi connectivity index (χ1v) is 27.6. The zero-order valence-electron chi connectivity index (χ0n) is 45.9. The summed E-state index contributed by atoms with van der Waals surface area (Å²) in [5.74, 6) is -8.75. The number of aliphatic carboxylic acids is 2. The Hall–Kier alpha value is -3.95. The van der Waals surface area contributed by atoms with E-state index in [2.05, 4.69) is 44.6 Å². The molecule has 3 heterocycles. The van der Waals surface area contributed by atoms with E-state index in [1.165, 1.54) is 20.8 Å². The minimum absolute atomic E-state index is 0. The second-order valence-corrected chi connectivity index (χ2v) is 21.4. The summed E-state index contributed by atoms with van der Waals surface area (Å²) < 4.78 is 55.5. The molecule has 458 valence electrons. The molecule has 2 aliphatic rings. The van der Waals surface area contributed by atoms with Gasteiger partial charge in [-0.3, -0.25) is 52.4 Å². The Morgan fingerprint density at radius 1 is 0.711 bits per heavy atom. The van der Waals surface area contributed by atoms with Crippen LogP contribution in [-0.4, -0.2) is 213 Å². The van der Waals surface area contributed by atoms with Crippen LogP contribution in [0.3, 0.4) is 0 Å². The first kappa shape index (κ1) is 77.1. The molecule has 1 aromatic rings. The van der Waals surface area contributed by atoms with Gasteiger partial charge in [0.25, 0.3) is 5.56 Å². The number of hydrogen-bond donors (Lipinski definition) is 14. The quantitative estimate of drug-likeness (QED) is 0.0102. The fourth-order valence-electron chi connectivity index (χ4n) is 7.15. The average Bonchev–Trinajstić information content (AvgIpc) is 3.91. The second-order valence-electron chi connectivity index (χ2n) is 18.5. The third-order valence-electron chi connectivity index (χ3n) is 11.8. The molecule has 0 bridgehead atoms. The van der Waals surface area contributed by atoms with Gasteiger partial charge in [-0.1, -0.05) is 0 Å². The number of phosphoric acid groups is 2. The second kappa shape index (κ2) is 35.6. The molecule has 36 nitrogen and oxygen atoms in total. The van der Waals surface area contributed by atoms with Crippen molar-refractivity contribution < 1.29 is 185 Å². The van der Waals surface area contributed by atoms with Gasteiger partial charge in [0.05, 0.1) is 13.2 Å². The zero-order chi connectivity index (χ0) is 61.3. The summed E-state index contributed by atoms with van der Waals surface area (Å²) >= 11 is 0. The molecule has 0 spiro atoms. The van der Waals surface area contributed by atoms with Crippen LogP contribution < -0.4 is 102 Å². The van der Waals surface area contributed by atoms with Crippen molar-refractivity contribution >= 4 is 68.8 Å². The van der Waals surface area contributed by atoms with E-state index in [0.29, 0.717) is 4.57 Å². The molecule has 4 amide bonds. The number of aliphatic hydroxyl groups excluding tert-OH is 5. The van der Waals surface area contributed by atoms with Crippen LogP contribution in [-0.2, 0) is 70.3 Å². The minimum atomic E-state index is -5.90. The number of aliphatic hydroxyl groups is 5. The van der Waals surface area contributed by atoms with Crippen LogP contribution in [0.25, 0.3) is 0 Å². The van der Waals surface area contributed by atoms with E-state index in [1.54, 1.807) is 0 Å². The van der Waals surface area contributed by atoms with Gasteiger partial charge in [-0.15, -0.1) is 0 Å². The maximum absolute atomic E-state index is 13.2. The maximum Gasteiger partial charge on any atom is 1.00 e. The number of ether oxygens (including phenoxy) is 3. The molecule has 2 fully saturated rings. The number of aromatic nitrogens is 2. The van der Waals surface area contributed by atoms with Gasteiger partial charge in [0.15, 0.2) is 12.5 Å². The Kier molecular flexibility index (Phi) is 33.1. The van der Waals surface area contributed by atoms with Crippen molar-refractivity contribution in [2.24, 2.45) is 9.98 Å². The molecule has 1 aromatic heterocycles. The number of hydrogen-bond acceptors (Lipinski definition) is 26. The molecule has 2 unspecified atom stereocenters. The van der Waals surface area contributed by atoms with Crippen molar-refractivity contribution in [3.63, 3.8) is 0 Å². The van der Waals surface area contributed by atoms with Crippen molar-refractivity contribution in [1.82, 2.24) is 30.8 Å². The topological polar surface area (TPSA) is 565 Å². The number of carbonyl (C=O) groups is 7. The molecule has 83 heavy (non-hydrogen) atoms. The first-order chi connectivity index (χ1) is 37.6.